The molecule has 3 rings (SSSR count). The summed E-state index contributed by atoms with van der Waals surface area (Å²) in [6.07, 6.45) is 3.38. The van der Waals surface area contributed by atoms with Crippen molar-refractivity contribution in [3.05, 3.63) is 0 Å². The number of esters is 1. The lowest BCUT2D eigenvalue weighted by molar-refractivity contribution is -0.150. The minimum absolute atomic E-state index is 0.0450. The summed E-state index contributed by atoms with van der Waals surface area (Å²) in [5, 5.41) is 0. The van der Waals surface area contributed by atoms with E-state index in [2.05, 4.69) is 13.8 Å². The number of hydrogen-bond acceptors (Lipinski definition) is 2. The van der Waals surface area contributed by atoms with Crippen molar-refractivity contribution in [3.63, 3.8) is 0 Å². The highest BCUT2D eigenvalue weighted by atomic mass is 16.5. The Morgan fingerprint density at radius 3 is 2.64 bits per heavy atom. The molecule has 2 saturated carbocycles. The van der Waals surface area contributed by atoms with Crippen molar-refractivity contribution >= 4 is 5.97 Å². The molecule has 1 heterocycles. The molecule has 1 aliphatic heterocycles. The van der Waals surface area contributed by atoms with Crippen LogP contribution in [0.15, 0.2) is 0 Å². The molecule has 2 aliphatic carbocycles. The van der Waals surface area contributed by atoms with Crippen molar-refractivity contribution in [1.82, 2.24) is 0 Å². The van der Waals surface area contributed by atoms with Gasteiger partial charge in [0.25, 0.3) is 0 Å². The average Bonchev–Trinajstić information content (AvgIpc) is 2.77. The quantitative estimate of drug-likeness (QED) is 0.553. The molecule has 1 spiro atoms. The summed E-state index contributed by atoms with van der Waals surface area (Å²) < 4.78 is 5.19. The van der Waals surface area contributed by atoms with Gasteiger partial charge in [0.05, 0.1) is 12.0 Å². The lowest BCUT2D eigenvalue weighted by Crippen LogP contribution is -2.38. The Bertz CT molecular complexity index is 284. The molecule has 0 aromatic heterocycles. The fourth-order valence-electron chi connectivity index (χ4n) is 4.26. The molecule has 0 aromatic rings. The highest BCUT2D eigenvalue weighted by molar-refractivity contribution is 5.79. The van der Waals surface area contributed by atoms with E-state index in [0.717, 1.165) is 30.6 Å². The van der Waals surface area contributed by atoms with Crippen molar-refractivity contribution in [2.75, 3.05) is 6.61 Å². The van der Waals surface area contributed by atoms with Gasteiger partial charge in [-0.15, -0.1) is 0 Å². The monoisotopic (exact) mass is 194 g/mol. The van der Waals surface area contributed by atoms with Gasteiger partial charge in [-0.1, -0.05) is 13.8 Å². The maximum Gasteiger partial charge on any atom is 0.312 e. The minimum Gasteiger partial charge on any atom is -0.465 e. The molecular formula is C12H18O2. The van der Waals surface area contributed by atoms with Gasteiger partial charge in [-0.05, 0) is 42.9 Å². The van der Waals surface area contributed by atoms with E-state index in [1.807, 2.05) is 0 Å². The summed E-state index contributed by atoms with van der Waals surface area (Å²) in [7, 11) is 0. The highest BCUT2D eigenvalue weighted by Gasteiger charge is 2.63. The van der Waals surface area contributed by atoms with Gasteiger partial charge in [0, 0.05) is 0 Å². The van der Waals surface area contributed by atoms with Gasteiger partial charge in [-0.25, -0.2) is 0 Å². The molecule has 5 atom stereocenters. The van der Waals surface area contributed by atoms with Crippen LogP contribution in [0.3, 0.4) is 0 Å². The number of rotatable bonds is 0. The summed E-state index contributed by atoms with van der Waals surface area (Å²) >= 11 is 0. The molecule has 2 heteroatoms. The number of carbonyl (C=O) groups excluding carboxylic acids is 1. The molecule has 3 fully saturated rings. The van der Waals surface area contributed by atoms with Crippen LogP contribution in [0.4, 0.5) is 0 Å². The first-order chi connectivity index (χ1) is 6.65. The van der Waals surface area contributed by atoms with Crippen LogP contribution in [0.25, 0.3) is 0 Å². The summed E-state index contributed by atoms with van der Waals surface area (Å²) in [5.74, 6) is 3.07. The third-order valence-electron chi connectivity index (χ3n) is 5.29. The molecule has 78 valence electrons. The topological polar surface area (TPSA) is 26.3 Å². The fourth-order valence-corrected chi connectivity index (χ4v) is 4.26. The molecule has 0 aromatic carbocycles. The smallest absolute Gasteiger partial charge is 0.312 e. The number of carbonyl (C=O) groups is 1. The van der Waals surface area contributed by atoms with Crippen LogP contribution >= 0.6 is 0 Å². The van der Waals surface area contributed by atoms with Crippen molar-refractivity contribution < 1.29 is 9.53 Å². The second-order valence-corrected chi connectivity index (χ2v) is 5.57. The molecule has 0 N–H and O–H groups in total. The van der Waals surface area contributed by atoms with E-state index in [1.54, 1.807) is 0 Å². The van der Waals surface area contributed by atoms with Crippen LogP contribution in [-0.4, -0.2) is 12.6 Å². The summed E-state index contributed by atoms with van der Waals surface area (Å²) in [6.45, 7) is 5.34. The van der Waals surface area contributed by atoms with Crippen molar-refractivity contribution in [1.29, 1.82) is 0 Å². The third kappa shape index (κ3) is 0.807. The van der Waals surface area contributed by atoms with Gasteiger partial charge in [-0.3, -0.25) is 4.79 Å². The van der Waals surface area contributed by atoms with E-state index in [4.69, 9.17) is 4.74 Å². The molecule has 2 bridgehead atoms. The Kier molecular flexibility index (Phi) is 1.58. The van der Waals surface area contributed by atoms with Gasteiger partial charge in [0.1, 0.15) is 0 Å². The Balaban J connectivity index is 1.96. The van der Waals surface area contributed by atoms with E-state index >= 15 is 0 Å². The zero-order chi connectivity index (χ0) is 9.92. The summed E-state index contributed by atoms with van der Waals surface area (Å²) in [4.78, 5) is 11.8. The Labute approximate surface area is 85.0 Å². The van der Waals surface area contributed by atoms with Crippen LogP contribution in [-0.2, 0) is 9.53 Å². The van der Waals surface area contributed by atoms with Crippen LogP contribution in [0.1, 0.15) is 33.1 Å². The molecule has 0 radical (unpaired) electrons. The second-order valence-electron chi connectivity index (χ2n) is 5.57. The fraction of sp³-hybridized carbons (Fsp3) is 0.917. The van der Waals surface area contributed by atoms with E-state index in [1.165, 1.54) is 6.42 Å². The van der Waals surface area contributed by atoms with Crippen LogP contribution in [0.2, 0.25) is 0 Å². The molecule has 4 unspecified atom stereocenters. The van der Waals surface area contributed by atoms with E-state index < -0.39 is 0 Å². The second kappa shape index (κ2) is 2.53. The maximum absolute atomic E-state index is 11.8. The minimum atomic E-state index is -0.0450. The molecule has 3 aliphatic rings. The largest absolute Gasteiger partial charge is 0.465 e. The first kappa shape index (κ1) is 8.75. The lowest BCUT2D eigenvalue weighted by Gasteiger charge is -2.37. The lowest BCUT2D eigenvalue weighted by atomic mass is 9.65. The zero-order valence-electron chi connectivity index (χ0n) is 8.95. The molecular weight excluding hydrogens is 176 g/mol. The normalized spacial score (nSPS) is 55.7. The average molecular weight is 194 g/mol. The van der Waals surface area contributed by atoms with Gasteiger partial charge in [0.2, 0.25) is 0 Å². The van der Waals surface area contributed by atoms with Crippen molar-refractivity contribution in [2.45, 2.75) is 33.1 Å². The van der Waals surface area contributed by atoms with E-state index in [9.17, 15) is 4.79 Å². The first-order valence-corrected chi connectivity index (χ1v) is 5.82. The maximum atomic E-state index is 11.8. The molecule has 1 saturated heterocycles. The SMILES string of the molecule is CC1C2C[C@@H](C1C)C1(CCOC1=O)C2. The summed E-state index contributed by atoms with van der Waals surface area (Å²) in [6, 6.07) is 0. The zero-order valence-corrected chi connectivity index (χ0v) is 8.95. The van der Waals surface area contributed by atoms with Crippen LogP contribution < -0.4 is 0 Å². The molecule has 0 amide bonds. The predicted octanol–water partition coefficient (Wildman–Crippen LogP) is 2.23. The Morgan fingerprint density at radius 1 is 1.36 bits per heavy atom. The number of cyclic esters (lactones) is 1. The molecule has 14 heavy (non-hydrogen) atoms. The first-order valence-electron chi connectivity index (χ1n) is 5.82. The van der Waals surface area contributed by atoms with E-state index in [-0.39, 0.29) is 11.4 Å². The van der Waals surface area contributed by atoms with Gasteiger partial charge < -0.3 is 4.74 Å². The third-order valence-corrected chi connectivity index (χ3v) is 5.29. The van der Waals surface area contributed by atoms with Gasteiger partial charge in [-0.2, -0.15) is 0 Å². The van der Waals surface area contributed by atoms with Crippen molar-refractivity contribution in [3.8, 4) is 0 Å². The van der Waals surface area contributed by atoms with Gasteiger partial charge >= 0.3 is 5.97 Å². The Morgan fingerprint density at radius 2 is 2.14 bits per heavy atom. The highest BCUT2D eigenvalue weighted by Crippen LogP contribution is 2.63. The van der Waals surface area contributed by atoms with E-state index in [0.29, 0.717) is 12.5 Å². The van der Waals surface area contributed by atoms with Crippen LogP contribution in [0, 0.1) is 29.1 Å². The van der Waals surface area contributed by atoms with Crippen LogP contribution in [0.5, 0.6) is 0 Å². The Hall–Kier alpha value is -0.530. The molecule has 2 nitrogen and oxygen atoms in total. The van der Waals surface area contributed by atoms with Gasteiger partial charge in [0.15, 0.2) is 0 Å². The number of hydrogen-bond donors (Lipinski definition) is 0. The summed E-state index contributed by atoms with van der Waals surface area (Å²) in [5.41, 5.74) is -0.0450. The predicted molar refractivity (Wildman–Crippen MR) is 52.6 cm³/mol. The number of ether oxygens (including phenoxy) is 1. The van der Waals surface area contributed by atoms with Crippen molar-refractivity contribution in [2.24, 2.45) is 29.1 Å². The standard InChI is InChI=1S/C12H18O2/c1-7-8(2)10-5-9(7)6-12(10)3-4-14-11(12)13/h7-10H,3-6H2,1-2H3/t7?,8?,9?,10-,12?/m0/s1. The number of fused-ring (bicyclic) bond motifs is 3.